The molecule has 0 heterocycles. The van der Waals surface area contributed by atoms with Crippen LogP contribution in [-0.4, -0.2) is 5.97 Å². The molecule has 0 aromatic heterocycles. The molecule has 1 aromatic carbocycles. The zero-order valence-electron chi connectivity index (χ0n) is 11.0. The molecule has 0 fully saturated rings. The van der Waals surface area contributed by atoms with E-state index in [2.05, 4.69) is 6.07 Å². The van der Waals surface area contributed by atoms with Crippen molar-refractivity contribution in [2.45, 2.75) is 31.6 Å². The second-order valence-electron chi connectivity index (χ2n) is 4.79. The molecule has 0 saturated heterocycles. The first-order valence-electron chi connectivity index (χ1n) is 6.21. The maximum atomic E-state index is 10.9. The molecular formula is C15H13Cl2NO2. The molecule has 0 N–H and O–H groups in total. The standard InChI is InChI=1S/C15H13Cl2NO2/c1-10(19)20-12-4-6-15(9-18,7-5-12)11-2-3-13(16)14(17)8-11/h2-4,8H,5-7H2,1H3. The Balaban J connectivity index is 2.29. The topological polar surface area (TPSA) is 50.1 Å². The van der Waals surface area contributed by atoms with Crippen LogP contribution >= 0.6 is 23.2 Å². The van der Waals surface area contributed by atoms with Crippen molar-refractivity contribution in [2.24, 2.45) is 0 Å². The largest absolute Gasteiger partial charge is 0.432 e. The number of hydrogen-bond acceptors (Lipinski definition) is 3. The van der Waals surface area contributed by atoms with Gasteiger partial charge in [0.25, 0.3) is 0 Å². The molecule has 20 heavy (non-hydrogen) atoms. The van der Waals surface area contributed by atoms with Gasteiger partial charge in [0.15, 0.2) is 0 Å². The van der Waals surface area contributed by atoms with Crippen molar-refractivity contribution in [1.29, 1.82) is 5.26 Å². The molecule has 1 unspecified atom stereocenters. The lowest BCUT2D eigenvalue weighted by Gasteiger charge is -2.30. The van der Waals surface area contributed by atoms with Crippen LogP contribution in [0.4, 0.5) is 0 Å². The Morgan fingerprint density at radius 2 is 2.15 bits per heavy atom. The summed E-state index contributed by atoms with van der Waals surface area (Å²) in [7, 11) is 0. The van der Waals surface area contributed by atoms with Gasteiger partial charge in [-0.25, -0.2) is 0 Å². The van der Waals surface area contributed by atoms with Gasteiger partial charge < -0.3 is 4.74 Å². The van der Waals surface area contributed by atoms with Gasteiger partial charge in [-0.15, -0.1) is 0 Å². The van der Waals surface area contributed by atoms with Crippen molar-refractivity contribution in [3.63, 3.8) is 0 Å². The summed E-state index contributed by atoms with van der Waals surface area (Å²) in [5, 5.41) is 10.5. The summed E-state index contributed by atoms with van der Waals surface area (Å²) in [5.74, 6) is 0.290. The summed E-state index contributed by atoms with van der Waals surface area (Å²) in [5.41, 5.74) is 0.199. The van der Waals surface area contributed by atoms with Crippen LogP contribution < -0.4 is 0 Å². The molecule has 1 aromatic rings. The monoisotopic (exact) mass is 309 g/mol. The van der Waals surface area contributed by atoms with E-state index in [0.717, 1.165) is 5.56 Å². The van der Waals surface area contributed by atoms with E-state index < -0.39 is 5.41 Å². The first-order chi connectivity index (χ1) is 9.47. The van der Waals surface area contributed by atoms with Crippen LogP contribution in [0.2, 0.25) is 10.0 Å². The van der Waals surface area contributed by atoms with Crippen molar-refractivity contribution in [3.8, 4) is 6.07 Å². The maximum Gasteiger partial charge on any atom is 0.307 e. The molecule has 104 valence electrons. The summed E-state index contributed by atoms with van der Waals surface area (Å²) in [6, 6.07) is 7.62. The minimum absolute atomic E-state index is 0.338. The number of esters is 1. The molecule has 0 amide bonds. The predicted octanol–water partition coefficient (Wildman–Crippen LogP) is 4.39. The van der Waals surface area contributed by atoms with E-state index in [1.165, 1.54) is 6.92 Å². The van der Waals surface area contributed by atoms with Gasteiger partial charge in [0.2, 0.25) is 0 Å². The number of nitriles is 1. The summed E-state index contributed by atoms with van der Waals surface area (Å²) in [6.07, 6.45) is 3.43. The lowest BCUT2D eigenvalue weighted by molar-refractivity contribution is -0.137. The fraction of sp³-hybridized carbons (Fsp3) is 0.333. The summed E-state index contributed by atoms with van der Waals surface area (Å²) in [6.45, 7) is 1.37. The van der Waals surface area contributed by atoms with E-state index in [0.29, 0.717) is 35.1 Å². The molecule has 0 radical (unpaired) electrons. The van der Waals surface area contributed by atoms with Crippen molar-refractivity contribution < 1.29 is 9.53 Å². The number of halogens is 2. The fourth-order valence-electron chi connectivity index (χ4n) is 2.33. The minimum atomic E-state index is -0.641. The Bertz CT molecular complexity index is 619. The van der Waals surface area contributed by atoms with Gasteiger partial charge in [-0.1, -0.05) is 29.3 Å². The second-order valence-corrected chi connectivity index (χ2v) is 5.61. The fourth-order valence-corrected chi connectivity index (χ4v) is 2.63. The van der Waals surface area contributed by atoms with Gasteiger partial charge in [0.1, 0.15) is 5.76 Å². The zero-order chi connectivity index (χ0) is 14.8. The van der Waals surface area contributed by atoms with Gasteiger partial charge in [-0.05, 0) is 36.6 Å². The third kappa shape index (κ3) is 2.98. The number of allylic oxidation sites excluding steroid dienone is 2. The molecule has 1 aliphatic carbocycles. The van der Waals surface area contributed by atoms with Crippen molar-refractivity contribution >= 4 is 29.2 Å². The molecule has 0 spiro atoms. The van der Waals surface area contributed by atoms with Gasteiger partial charge in [-0.3, -0.25) is 4.79 Å². The molecule has 2 rings (SSSR count). The van der Waals surface area contributed by atoms with Crippen LogP contribution in [0, 0.1) is 11.3 Å². The van der Waals surface area contributed by atoms with Crippen LogP contribution in [0.5, 0.6) is 0 Å². The SMILES string of the molecule is CC(=O)OC1=CCC(C#N)(c2ccc(Cl)c(Cl)c2)CC1. The highest BCUT2D eigenvalue weighted by molar-refractivity contribution is 6.42. The number of carbonyl (C=O) groups excluding carboxylic acids is 1. The lowest BCUT2D eigenvalue weighted by Crippen LogP contribution is -2.27. The van der Waals surface area contributed by atoms with Crippen LogP contribution in [0.3, 0.4) is 0 Å². The minimum Gasteiger partial charge on any atom is -0.432 e. The smallest absolute Gasteiger partial charge is 0.307 e. The van der Waals surface area contributed by atoms with Gasteiger partial charge >= 0.3 is 5.97 Å². The normalized spacial score (nSPS) is 21.8. The highest BCUT2D eigenvalue weighted by atomic mass is 35.5. The number of rotatable bonds is 2. The average Bonchev–Trinajstić information content (AvgIpc) is 2.42. The number of benzene rings is 1. The highest BCUT2D eigenvalue weighted by Crippen LogP contribution is 2.40. The Morgan fingerprint density at radius 3 is 2.65 bits per heavy atom. The highest BCUT2D eigenvalue weighted by Gasteiger charge is 2.35. The maximum absolute atomic E-state index is 10.9. The van der Waals surface area contributed by atoms with Crippen LogP contribution in [0.1, 0.15) is 31.7 Å². The van der Waals surface area contributed by atoms with E-state index in [1.54, 1.807) is 18.2 Å². The van der Waals surface area contributed by atoms with Crippen molar-refractivity contribution in [2.75, 3.05) is 0 Å². The Morgan fingerprint density at radius 1 is 1.40 bits per heavy atom. The number of carbonyl (C=O) groups is 1. The van der Waals surface area contributed by atoms with E-state index in [9.17, 15) is 10.1 Å². The summed E-state index contributed by atoms with van der Waals surface area (Å²) >= 11 is 11.9. The Kier molecular flexibility index (Phi) is 4.37. The first kappa shape index (κ1) is 14.9. The van der Waals surface area contributed by atoms with Gasteiger partial charge in [0, 0.05) is 13.3 Å². The van der Waals surface area contributed by atoms with Crippen LogP contribution in [-0.2, 0) is 14.9 Å². The quantitative estimate of drug-likeness (QED) is 0.761. The number of hydrogen-bond donors (Lipinski definition) is 0. The van der Waals surface area contributed by atoms with Gasteiger partial charge in [-0.2, -0.15) is 5.26 Å². The van der Waals surface area contributed by atoms with Gasteiger partial charge in [0.05, 0.1) is 21.5 Å². The molecule has 0 saturated carbocycles. The zero-order valence-corrected chi connectivity index (χ0v) is 12.5. The van der Waals surface area contributed by atoms with E-state index in [1.807, 2.05) is 6.07 Å². The van der Waals surface area contributed by atoms with E-state index >= 15 is 0 Å². The first-order valence-corrected chi connectivity index (χ1v) is 6.97. The summed E-state index contributed by atoms with van der Waals surface area (Å²) in [4.78, 5) is 10.9. The number of ether oxygens (including phenoxy) is 1. The average molecular weight is 310 g/mol. The van der Waals surface area contributed by atoms with Crippen molar-refractivity contribution in [3.05, 3.63) is 45.6 Å². The third-order valence-electron chi connectivity index (χ3n) is 3.44. The molecule has 0 aliphatic heterocycles. The molecule has 0 bridgehead atoms. The predicted molar refractivity (Wildman–Crippen MR) is 77.5 cm³/mol. The molecular weight excluding hydrogens is 297 g/mol. The van der Waals surface area contributed by atoms with Crippen LogP contribution in [0.25, 0.3) is 0 Å². The Hall–Kier alpha value is -1.50. The Labute approximate surface area is 127 Å². The van der Waals surface area contributed by atoms with Crippen LogP contribution in [0.15, 0.2) is 30.0 Å². The molecule has 3 nitrogen and oxygen atoms in total. The molecule has 1 atom stereocenters. The second kappa shape index (κ2) is 5.87. The molecule has 5 heteroatoms. The van der Waals surface area contributed by atoms with E-state index in [-0.39, 0.29) is 5.97 Å². The lowest BCUT2D eigenvalue weighted by atomic mass is 9.72. The third-order valence-corrected chi connectivity index (χ3v) is 4.18. The van der Waals surface area contributed by atoms with Crippen molar-refractivity contribution in [1.82, 2.24) is 0 Å². The molecule has 1 aliphatic rings. The van der Waals surface area contributed by atoms with E-state index in [4.69, 9.17) is 27.9 Å². The summed E-state index contributed by atoms with van der Waals surface area (Å²) < 4.78 is 5.07. The number of nitrogens with zero attached hydrogens (tertiary/aromatic N) is 1.